The summed E-state index contributed by atoms with van der Waals surface area (Å²) in [6, 6.07) is 24.8. The number of nitrogens with one attached hydrogen (secondary N) is 2. The molecule has 0 aromatic heterocycles. The van der Waals surface area contributed by atoms with Crippen LogP contribution >= 0.6 is 0 Å². The van der Waals surface area contributed by atoms with E-state index in [1.807, 2.05) is 24.3 Å². The van der Waals surface area contributed by atoms with Gasteiger partial charge < -0.3 is 15.4 Å². The molecule has 0 spiro atoms. The SMILES string of the molecule is CC(=O)C(CCNC1CCCc2ccccc21)NC(=O)OCC1c2ccccc2-c2ccccc21. The van der Waals surface area contributed by atoms with Crippen LogP contribution in [0.5, 0.6) is 0 Å². The van der Waals surface area contributed by atoms with Crippen LogP contribution in [-0.2, 0) is 16.0 Å². The number of alkyl carbamates (subject to hydrolysis) is 1. The molecule has 0 fully saturated rings. The minimum atomic E-state index is -0.572. The zero-order chi connectivity index (χ0) is 24.2. The third-order valence-corrected chi connectivity index (χ3v) is 7.32. The molecule has 3 aromatic rings. The standard InChI is InChI=1S/C30H32N2O3/c1-20(33)28(17-18-31-29-16-8-10-21-9-2-3-11-22(21)29)32-30(34)35-19-27-25-14-6-4-12-23(25)24-13-5-7-15-26(24)27/h2-7,9,11-15,27-29,31H,8,10,16-19H2,1H3,(H,32,34). The van der Waals surface area contributed by atoms with Gasteiger partial charge in [-0.2, -0.15) is 0 Å². The second-order valence-corrected chi connectivity index (χ2v) is 9.52. The van der Waals surface area contributed by atoms with E-state index in [-0.39, 0.29) is 18.3 Å². The first kappa shape index (κ1) is 23.3. The number of carbonyl (C=O) groups excluding carboxylic acids is 2. The van der Waals surface area contributed by atoms with Crippen molar-refractivity contribution in [2.24, 2.45) is 0 Å². The Kier molecular flexibility index (Phi) is 6.96. The van der Waals surface area contributed by atoms with Crippen molar-refractivity contribution in [3.63, 3.8) is 0 Å². The van der Waals surface area contributed by atoms with Gasteiger partial charge in [0, 0.05) is 12.0 Å². The number of carbonyl (C=O) groups is 2. The van der Waals surface area contributed by atoms with Crippen molar-refractivity contribution in [2.45, 2.75) is 50.6 Å². The highest BCUT2D eigenvalue weighted by Crippen LogP contribution is 2.44. The number of amides is 1. The van der Waals surface area contributed by atoms with Crippen LogP contribution in [0.3, 0.4) is 0 Å². The highest BCUT2D eigenvalue weighted by molar-refractivity contribution is 5.85. The number of ketones is 1. The molecule has 1 amide bonds. The quantitative estimate of drug-likeness (QED) is 0.456. The Morgan fingerprint density at radius 1 is 0.914 bits per heavy atom. The van der Waals surface area contributed by atoms with Crippen LogP contribution in [0.25, 0.3) is 11.1 Å². The molecule has 2 N–H and O–H groups in total. The van der Waals surface area contributed by atoms with Gasteiger partial charge >= 0.3 is 6.09 Å². The van der Waals surface area contributed by atoms with Crippen molar-refractivity contribution in [3.05, 3.63) is 95.1 Å². The first-order valence-electron chi connectivity index (χ1n) is 12.5. The highest BCUT2D eigenvalue weighted by Gasteiger charge is 2.29. The smallest absolute Gasteiger partial charge is 0.407 e. The van der Waals surface area contributed by atoms with E-state index in [1.165, 1.54) is 40.3 Å². The number of hydrogen-bond donors (Lipinski definition) is 2. The summed E-state index contributed by atoms with van der Waals surface area (Å²) in [6.07, 6.45) is 3.34. The molecular weight excluding hydrogens is 436 g/mol. The molecule has 2 atom stereocenters. The Hall–Kier alpha value is -3.44. The lowest BCUT2D eigenvalue weighted by molar-refractivity contribution is -0.119. The average molecular weight is 469 g/mol. The zero-order valence-electron chi connectivity index (χ0n) is 20.1. The molecule has 2 aliphatic rings. The summed E-state index contributed by atoms with van der Waals surface area (Å²) >= 11 is 0. The normalized spacial score (nSPS) is 17.1. The van der Waals surface area contributed by atoms with Crippen molar-refractivity contribution < 1.29 is 14.3 Å². The number of aryl methyl sites for hydroxylation is 1. The van der Waals surface area contributed by atoms with Crippen molar-refractivity contribution in [1.29, 1.82) is 0 Å². The van der Waals surface area contributed by atoms with Crippen molar-refractivity contribution in [1.82, 2.24) is 10.6 Å². The van der Waals surface area contributed by atoms with Crippen LogP contribution in [0.2, 0.25) is 0 Å². The second kappa shape index (κ2) is 10.4. The summed E-state index contributed by atoms with van der Waals surface area (Å²) < 4.78 is 5.64. The van der Waals surface area contributed by atoms with Crippen LogP contribution < -0.4 is 10.6 Å². The van der Waals surface area contributed by atoms with Gasteiger partial charge in [-0.05, 0) is 72.5 Å². The van der Waals surface area contributed by atoms with Crippen molar-refractivity contribution >= 4 is 11.9 Å². The number of benzene rings is 3. The molecule has 5 heteroatoms. The van der Waals surface area contributed by atoms with Crippen LogP contribution in [0.4, 0.5) is 4.79 Å². The van der Waals surface area contributed by atoms with Crippen LogP contribution in [0.15, 0.2) is 72.8 Å². The van der Waals surface area contributed by atoms with E-state index in [4.69, 9.17) is 4.74 Å². The first-order valence-corrected chi connectivity index (χ1v) is 12.5. The maximum atomic E-state index is 12.7. The average Bonchev–Trinajstić information content (AvgIpc) is 3.20. The monoisotopic (exact) mass is 468 g/mol. The first-order chi connectivity index (χ1) is 17.1. The summed E-state index contributed by atoms with van der Waals surface area (Å²) in [6.45, 7) is 2.40. The van der Waals surface area contributed by atoms with E-state index in [1.54, 1.807) is 0 Å². The maximum absolute atomic E-state index is 12.7. The molecule has 0 radical (unpaired) electrons. The van der Waals surface area contributed by atoms with Crippen LogP contribution in [0, 0.1) is 0 Å². The summed E-state index contributed by atoms with van der Waals surface area (Å²) in [5.41, 5.74) is 7.46. The topological polar surface area (TPSA) is 67.4 Å². The van der Waals surface area contributed by atoms with Gasteiger partial charge in [-0.1, -0.05) is 72.8 Å². The van der Waals surface area contributed by atoms with Crippen molar-refractivity contribution in [3.8, 4) is 11.1 Å². The molecule has 35 heavy (non-hydrogen) atoms. The minimum absolute atomic E-state index is 0.00281. The highest BCUT2D eigenvalue weighted by atomic mass is 16.5. The third-order valence-electron chi connectivity index (χ3n) is 7.32. The molecule has 0 aliphatic heterocycles. The Balaban J connectivity index is 1.16. The van der Waals surface area contributed by atoms with Crippen molar-refractivity contribution in [2.75, 3.05) is 13.2 Å². The van der Waals surface area contributed by atoms with E-state index in [9.17, 15) is 9.59 Å². The summed E-state index contributed by atoms with van der Waals surface area (Å²) in [7, 11) is 0. The predicted molar refractivity (Wildman–Crippen MR) is 137 cm³/mol. The molecule has 5 rings (SSSR count). The Bertz CT molecular complexity index is 1180. The van der Waals surface area contributed by atoms with Gasteiger partial charge in [0.1, 0.15) is 6.61 Å². The summed E-state index contributed by atoms with van der Waals surface area (Å²) in [4.78, 5) is 24.9. The molecule has 2 unspecified atom stereocenters. The fourth-order valence-corrected chi connectivity index (χ4v) is 5.53. The number of rotatable bonds is 8. The largest absolute Gasteiger partial charge is 0.449 e. The molecule has 3 aromatic carbocycles. The van der Waals surface area contributed by atoms with Gasteiger partial charge in [-0.25, -0.2) is 4.79 Å². The molecular formula is C30H32N2O3. The molecule has 2 aliphatic carbocycles. The van der Waals surface area contributed by atoms with Gasteiger partial charge in [-0.15, -0.1) is 0 Å². The number of fused-ring (bicyclic) bond motifs is 4. The maximum Gasteiger partial charge on any atom is 0.407 e. The molecule has 5 nitrogen and oxygen atoms in total. The van der Waals surface area contributed by atoms with E-state index in [2.05, 4.69) is 59.2 Å². The third kappa shape index (κ3) is 5.01. The van der Waals surface area contributed by atoms with Gasteiger partial charge in [0.25, 0.3) is 0 Å². The van der Waals surface area contributed by atoms with Gasteiger partial charge in [0.05, 0.1) is 6.04 Å². The fraction of sp³-hybridized carbons (Fsp3) is 0.333. The number of hydrogen-bond acceptors (Lipinski definition) is 4. The van der Waals surface area contributed by atoms with E-state index in [0.29, 0.717) is 19.0 Å². The zero-order valence-corrected chi connectivity index (χ0v) is 20.1. The van der Waals surface area contributed by atoms with E-state index in [0.717, 1.165) is 19.3 Å². The summed E-state index contributed by atoms with van der Waals surface area (Å²) in [5.74, 6) is -0.0682. The Morgan fingerprint density at radius 2 is 1.54 bits per heavy atom. The fourth-order valence-electron chi connectivity index (χ4n) is 5.53. The van der Waals surface area contributed by atoms with Crippen LogP contribution in [0.1, 0.15) is 60.4 Å². The number of Topliss-reactive ketones (excluding diaryl/α,β-unsaturated/α-hetero) is 1. The molecule has 180 valence electrons. The van der Waals surface area contributed by atoms with E-state index < -0.39 is 12.1 Å². The summed E-state index contributed by atoms with van der Waals surface area (Å²) in [5, 5.41) is 6.39. The minimum Gasteiger partial charge on any atom is -0.449 e. The molecule has 0 bridgehead atoms. The number of ether oxygens (including phenoxy) is 1. The molecule has 0 heterocycles. The van der Waals surface area contributed by atoms with Gasteiger partial charge in [0.15, 0.2) is 5.78 Å². The van der Waals surface area contributed by atoms with E-state index >= 15 is 0 Å². The second-order valence-electron chi connectivity index (χ2n) is 9.52. The van der Waals surface area contributed by atoms with Gasteiger partial charge in [0.2, 0.25) is 0 Å². The Labute approximate surface area is 206 Å². The molecule has 0 saturated carbocycles. The lowest BCUT2D eigenvalue weighted by Crippen LogP contribution is -2.42. The molecule has 0 saturated heterocycles. The predicted octanol–water partition coefficient (Wildman–Crippen LogP) is 5.54. The lowest BCUT2D eigenvalue weighted by Gasteiger charge is -2.27. The van der Waals surface area contributed by atoms with Gasteiger partial charge in [-0.3, -0.25) is 4.79 Å². The Morgan fingerprint density at radius 3 is 2.23 bits per heavy atom. The van der Waals surface area contributed by atoms with Crippen LogP contribution in [-0.4, -0.2) is 31.1 Å². The lowest BCUT2D eigenvalue weighted by atomic mass is 9.87.